The van der Waals surface area contributed by atoms with Gasteiger partial charge in [0.05, 0.1) is 5.56 Å². The largest absolute Gasteiger partial charge is 0.456 e. The molecule has 216 valence electrons. The van der Waals surface area contributed by atoms with Gasteiger partial charge in [-0.15, -0.1) is 0 Å². The first kappa shape index (κ1) is 25.5. The topological polar surface area (TPSA) is 78.1 Å². The number of para-hydroxylation sites is 3. The average Bonchev–Trinajstić information content (AvgIpc) is 3.78. The van der Waals surface area contributed by atoms with E-state index in [9.17, 15) is 0 Å². The van der Waals surface area contributed by atoms with E-state index in [-0.39, 0.29) is 0 Å². The minimum absolute atomic E-state index is 0.512. The first-order valence-corrected chi connectivity index (χ1v) is 15.7. The number of aromatic nitrogens is 3. The van der Waals surface area contributed by atoms with Gasteiger partial charge in [-0.05, 0) is 60.7 Å². The van der Waals surface area contributed by atoms with Gasteiger partial charge in [0.25, 0.3) is 0 Å². The molecule has 0 amide bonds. The van der Waals surface area contributed by atoms with Gasteiger partial charge in [0.2, 0.25) is 0 Å². The fourth-order valence-electron chi connectivity index (χ4n) is 6.43. The molecule has 10 aromatic rings. The fourth-order valence-corrected chi connectivity index (χ4v) is 6.79. The van der Waals surface area contributed by atoms with E-state index in [4.69, 9.17) is 28.2 Å². The number of fused-ring (bicyclic) bond motifs is 9. The molecular formula is C39H20BrN3O3. The molecule has 0 aliphatic carbocycles. The number of hydrogen-bond acceptors (Lipinski definition) is 6. The van der Waals surface area contributed by atoms with Crippen LogP contribution in [-0.2, 0) is 0 Å². The second kappa shape index (κ2) is 9.60. The predicted octanol–water partition coefficient (Wildman–Crippen LogP) is 11.3. The van der Waals surface area contributed by atoms with Crippen LogP contribution in [0.15, 0.2) is 139 Å². The average molecular weight is 659 g/mol. The lowest BCUT2D eigenvalue weighted by Crippen LogP contribution is -2.00. The summed E-state index contributed by atoms with van der Waals surface area (Å²) in [5.74, 6) is 1.57. The highest BCUT2D eigenvalue weighted by atomic mass is 79.9. The van der Waals surface area contributed by atoms with Gasteiger partial charge in [-0.2, -0.15) is 0 Å². The summed E-state index contributed by atoms with van der Waals surface area (Å²) in [7, 11) is 0. The van der Waals surface area contributed by atoms with Crippen molar-refractivity contribution in [1.82, 2.24) is 15.0 Å². The SMILES string of the molecule is Brc1ccc2oc3c(-c4nc(-c5ccc6c(c5)oc5ccccc56)nc(-c5ccc6c(c5)oc5ccccc56)n4)cccc3c2c1. The maximum atomic E-state index is 6.42. The van der Waals surface area contributed by atoms with Crippen molar-refractivity contribution in [2.75, 3.05) is 0 Å². The smallest absolute Gasteiger partial charge is 0.167 e. The summed E-state index contributed by atoms with van der Waals surface area (Å²) >= 11 is 3.60. The predicted molar refractivity (Wildman–Crippen MR) is 186 cm³/mol. The van der Waals surface area contributed by atoms with Gasteiger partial charge in [0.15, 0.2) is 17.5 Å². The van der Waals surface area contributed by atoms with E-state index >= 15 is 0 Å². The number of benzene rings is 6. The summed E-state index contributed by atoms with van der Waals surface area (Å²) in [5, 5.41) is 6.24. The molecule has 0 radical (unpaired) electrons. The Morgan fingerprint density at radius 1 is 0.391 bits per heavy atom. The number of furan rings is 3. The van der Waals surface area contributed by atoms with Crippen LogP contribution in [0.5, 0.6) is 0 Å². The number of halogens is 1. The lowest BCUT2D eigenvalue weighted by atomic mass is 10.1. The molecule has 0 fully saturated rings. The van der Waals surface area contributed by atoms with E-state index < -0.39 is 0 Å². The number of rotatable bonds is 3. The maximum absolute atomic E-state index is 6.42. The van der Waals surface area contributed by atoms with Crippen molar-refractivity contribution in [3.8, 4) is 34.2 Å². The third-order valence-electron chi connectivity index (χ3n) is 8.61. The molecule has 0 saturated heterocycles. The molecule has 0 aliphatic heterocycles. The third-order valence-corrected chi connectivity index (χ3v) is 9.10. The molecule has 0 atom stereocenters. The molecule has 0 unspecified atom stereocenters. The highest BCUT2D eigenvalue weighted by Crippen LogP contribution is 2.38. The molecule has 4 heterocycles. The minimum atomic E-state index is 0.512. The molecule has 0 spiro atoms. The van der Waals surface area contributed by atoms with Crippen LogP contribution in [-0.4, -0.2) is 15.0 Å². The zero-order valence-corrected chi connectivity index (χ0v) is 25.6. The van der Waals surface area contributed by atoms with Gasteiger partial charge < -0.3 is 13.3 Å². The summed E-state index contributed by atoms with van der Waals surface area (Å²) in [6.45, 7) is 0. The lowest BCUT2D eigenvalue weighted by Gasteiger charge is -2.09. The summed E-state index contributed by atoms with van der Waals surface area (Å²) in [4.78, 5) is 15.1. The molecule has 0 bridgehead atoms. The maximum Gasteiger partial charge on any atom is 0.167 e. The zero-order valence-electron chi connectivity index (χ0n) is 24.0. The highest BCUT2D eigenvalue weighted by molar-refractivity contribution is 9.10. The standard InChI is InChI=1S/C39H20BrN3O3/c40-23-14-17-33-30(20-23)28-8-5-9-29(36(28)46-33)39-42-37(21-12-15-26-24-6-1-3-10-31(24)44-34(26)18-21)41-38(43-39)22-13-16-27-25-7-2-4-11-32(25)45-35(27)19-22/h1-20H. The van der Waals surface area contributed by atoms with E-state index in [1.54, 1.807) is 0 Å². The molecule has 6 nitrogen and oxygen atoms in total. The Labute approximate surface area is 269 Å². The van der Waals surface area contributed by atoms with Gasteiger partial charge >= 0.3 is 0 Å². The monoisotopic (exact) mass is 657 g/mol. The lowest BCUT2D eigenvalue weighted by molar-refractivity contribution is 0.668. The second-order valence-corrected chi connectivity index (χ2v) is 12.3. The summed E-state index contributed by atoms with van der Waals surface area (Å²) in [6.07, 6.45) is 0. The van der Waals surface area contributed by atoms with E-state index in [1.165, 1.54) is 0 Å². The van der Waals surface area contributed by atoms with Gasteiger partial charge in [-0.25, -0.2) is 15.0 Å². The van der Waals surface area contributed by atoms with E-state index in [2.05, 4.69) is 52.3 Å². The van der Waals surface area contributed by atoms with E-state index in [0.717, 1.165) is 87.0 Å². The van der Waals surface area contributed by atoms with Crippen LogP contribution in [0.4, 0.5) is 0 Å². The van der Waals surface area contributed by atoms with Crippen LogP contribution >= 0.6 is 15.9 Å². The summed E-state index contributed by atoms with van der Waals surface area (Å²) < 4.78 is 19.8. The quantitative estimate of drug-likeness (QED) is 0.188. The third kappa shape index (κ3) is 3.85. The first-order valence-electron chi connectivity index (χ1n) is 14.9. The number of nitrogens with zero attached hydrogens (tertiary/aromatic N) is 3. The highest BCUT2D eigenvalue weighted by Gasteiger charge is 2.19. The molecule has 0 aliphatic rings. The molecule has 10 rings (SSSR count). The van der Waals surface area contributed by atoms with E-state index in [0.29, 0.717) is 17.5 Å². The van der Waals surface area contributed by atoms with Crippen molar-refractivity contribution in [2.24, 2.45) is 0 Å². The number of hydrogen-bond donors (Lipinski definition) is 0. The minimum Gasteiger partial charge on any atom is -0.456 e. The van der Waals surface area contributed by atoms with Crippen molar-refractivity contribution in [2.45, 2.75) is 0 Å². The molecule has 46 heavy (non-hydrogen) atoms. The Morgan fingerprint density at radius 3 is 1.59 bits per heavy atom. The van der Waals surface area contributed by atoms with Crippen LogP contribution in [0.2, 0.25) is 0 Å². The van der Waals surface area contributed by atoms with Crippen LogP contribution in [0.3, 0.4) is 0 Å². The Morgan fingerprint density at radius 2 is 0.935 bits per heavy atom. The second-order valence-electron chi connectivity index (χ2n) is 11.3. The van der Waals surface area contributed by atoms with Crippen LogP contribution in [0.25, 0.3) is 100.0 Å². The molecule has 6 aromatic carbocycles. The Bertz CT molecular complexity index is 2710. The van der Waals surface area contributed by atoms with Gasteiger partial charge in [0.1, 0.15) is 33.5 Å². The van der Waals surface area contributed by atoms with Crippen molar-refractivity contribution >= 4 is 81.7 Å². The molecule has 0 saturated carbocycles. The zero-order chi connectivity index (χ0) is 30.4. The first-order chi connectivity index (χ1) is 22.7. The van der Waals surface area contributed by atoms with E-state index in [1.807, 2.05) is 84.9 Å². The van der Waals surface area contributed by atoms with Crippen molar-refractivity contribution < 1.29 is 13.3 Å². The Hall–Kier alpha value is -5.79. The molecule has 4 aromatic heterocycles. The van der Waals surface area contributed by atoms with Gasteiger partial charge in [0, 0.05) is 47.9 Å². The summed E-state index contributed by atoms with van der Waals surface area (Å²) in [5.41, 5.74) is 7.17. The van der Waals surface area contributed by atoms with Crippen molar-refractivity contribution in [3.05, 3.63) is 126 Å². The van der Waals surface area contributed by atoms with Crippen molar-refractivity contribution in [1.29, 1.82) is 0 Å². The van der Waals surface area contributed by atoms with Crippen LogP contribution < -0.4 is 0 Å². The summed E-state index contributed by atoms with van der Waals surface area (Å²) in [6, 6.07) is 40.4. The fraction of sp³-hybridized carbons (Fsp3) is 0. The van der Waals surface area contributed by atoms with Crippen LogP contribution in [0, 0.1) is 0 Å². The molecular weight excluding hydrogens is 638 g/mol. The Balaban J connectivity index is 1.21. The van der Waals surface area contributed by atoms with Crippen molar-refractivity contribution in [3.63, 3.8) is 0 Å². The van der Waals surface area contributed by atoms with Crippen LogP contribution in [0.1, 0.15) is 0 Å². The van der Waals surface area contributed by atoms with Gasteiger partial charge in [-0.3, -0.25) is 0 Å². The molecule has 0 N–H and O–H groups in total. The molecule has 7 heteroatoms. The normalized spacial score (nSPS) is 12.0. The Kier molecular flexibility index (Phi) is 5.33. The van der Waals surface area contributed by atoms with Gasteiger partial charge in [-0.1, -0.05) is 76.6 Å².